The highest BCUT2D eigenvalue weighted by Gasteiger charge is 2.30. The SMILES string of the molecule is CC(C)(N)C(C)(C)O.CC(C)(N)CCO.CC(C)C(C)(N)CO.CC(O)C(C)(C)N.NC1(CO)CCCCC1. The van der Waals surface area contributed by atoms with Crippen molar-refractivity contribution >= 4 is 0 Å². The molecule has 0 aromatic rings. The summed E-state index contributed by atoms with van der Waals surface area (Å²) in [6, 6.07) is 0. The lowest BCUT2D eigenvalue weighted by molar-refractivity contribution is 0.0144. The van der Waals surface area contributed by atoms with E-state index in [-0.39, 0.29) is 30.9 Å². The third-order valence-corrected chi connectivity index (χ3v) is 7.23. The first-order valence-electron chi connectivity index (χ1n) is 14.2. The van der Waals surface area contributed by atoms with Crippen molar-refractivity contribution in [1.29, 1.82) is 0 Å². The average molecular weight is 570 g/mol. The predicted molar refractivity (Wildman–Crippen MR) is 166 cm³/mol. The molecular formula is C29H71N5O5. The lowest BCUT2D eigenvalue weighted by atomic mass is 9.83. The molecule has 0 spiro atoms. The van der Waals surface area contributed by atoms with Crippen LogP contribution in [0.5, 0.6) is 0 Å². The summed E-state index contributed by atoms with van der Waals surface area (Å²) in [6.45, 7) is 22.3. The smallest absolute Gasteiger partial charge is 0.0764 e. The summed E-state index contributed by atoms with van der Waals surface area (Å²) in [4.78, 5) is 0. The molecule has 0 aromatic heterocycles. The van der Waals surface area contributed by atoms with E-state index in [9.17, 15) is 5.11 Å². The largest absolute Gasteiger partial charge is 0.396 e. The van der Waals surface area contributed by atoms with E-state index >= 15 is 0 Å². The number of rotatable bonds is 7. The first-order valence-corrected chi connectivity index (χ1v) is 14.2. The molecule has 1 aliphatic carbocycles. The van der Waals surface area contributed by atoms with Gasteiger partial charge in [0.1, 0.15) is 0 Å². The lowest BCUT2D eigenvalue weighted by Crippen LogP contribution is -2.52. The molecule has 15 N–H and O–H groups in total. The van der Waals surface area contributed by atoms with Crippen LogP contribution in [0.1, 0.15) is 122 Å². The first kappa shape index (κ1) is 45.6. The highest BCUT2D eigenvalue weighted by atomic mass is 16.3. The van der Waals surface area contributed by atoms with Gasteiger partial charge in [0.25, 0.3) is 0 Å². The fourth-order valence-corrected chi connectivity index (χ4v) is 1.88. The Kier molecular flexibility index (Phi) is 23.0. The van der Waals surface area contributed by atoms with Gasteiger partial charge < -0.3 is 54.2 Å². The molecule has 2 unspecified atom stereocenters. The van der Waals surface area contributed by atoms with Crippen molar-refractivity contribution in [1.82, 2.24) is 0 Å². The minimum absolute atomic E-state index is 0.0602. The zero-order valence-corrected chi connectivity index (χ0v) is 27.6. The quantitative estimate of drug-likeness (QED) is 0.213. The van der Waals surface area contributed by atoms with Crippen LogP contribution in [0.2, 0.25) is 0 Å². The Hall–Kier alpha value is -0.400. The molecule has 1 rings (SSSR count). The maximum atomic E-state index is 9.23. The van der Waals surface area contributed by atoms with Crippen LogP contribution in [0.25, 0.3) is 0 Å². The fourth-order valence-electron chi connectivity index (χ4n) is 1.88. The fraction of sp³-hybridized carbons (Fsp3) is 1.00. The Morgan fingerprint density at radius 3 is 1.15 bits per heavy atom. The van der Waals surface area contributed by atoms with Gasteiger partial charge in [-0.2, -0.15) is 0 Å². The zero-order chi connectivity index (χ0) is 32.5. The van der Waals surface area contributed by atoms with Gasteiger partial charge in [-0.15, -0.1) is 0 Å². The highest BCUT2D eigenvalue weighted by Crippen LogP contribution is 2.24. The lowest BCUT2D eigenvalue weighted by Gasteiger charge is -2.32. The molecule has 2 atom stereocenters. The number of aliphatic hydroxyl groups is 5. The molecule has 1 aliphatic rings. The third-order valence-electron chi connectivity index (χ3n) is 7.23. The van der Waals surface area contributed by atoms with Crippen LogP contribution >= 0.6 is 0 Å². The topological polar surface area (TPSA) is 231 Å². The van der Waals surface area contributed by atoms with Crippen molar-refractivity contribution in [2.75, 3.05) is 19.8 Å². The second-order valence-electron chi connectivity index (χ2n) is 14.1. The molecule has 242 valence electrons. The van der Waals surface area contributed by atoms with Crippen molar-refractivity contribution in [2.45, 2.75) is 161 Å². The average Bonchev–Trinajstić information content (AvgIpc) is 2.73. The van der Waals surface area contributed by atoms with Gasteiger partial charge in [0, 0.05) is 34.3 Å². The van der Waals surface area contributed by atoms with Gasteiger partial charge in [0.05, 0.1) is 24.9 Å². The van der Waals surface area contributed by atoms with Crippen LogP contribution in [-0.4, -0.2) is 84.8 Å². The summed E-state index contributed by atoms with van der Waals surface area (Å²) < 4.78 is 0. The van der Waals surface area contributed by atoms with Crippen LogP contribution in [-0.2, 0) is 0 Å². The second-order valence-corrected chi connectivity index (χ2v) is 14.1. The summed E-state index contributed by atoms with van der Waals surface area (Å²) >= 11 is 0. The van der Waals surface area contributed by atoms with Crippen LogP contribution < -0.4 is 28.7 Å². The Balaban J connectivity index is -0.000000197. The molecule has 0 saturated heterocycles. The molecule has 1 fully saturated rings. The van der Waals surface area contributed by atoms with E-state index in [1.165, 1.54) is 19.3 Å². The summed E-state index contributed by atoms with van der Waals surface area (Å²) in [5.41, 5.74) is 25.3. The van der Waals surface area contributed by atoms with Crippen molar-refractivity contribution in [3.8, 4) is 0 Å². The monoisotopic (exact) mass is 570 g/mol. The van der Waals surface area contributed by atoms with Gasteiger partial charge in [-0.3, -0.25) is 0 Å². The summed E-state index contributed by atoms with van der Waals surface area (Å²) in [6.07, 6.45) is 5.93. The van der Waals surface area contributed by atoms with E-state index in [2.05, 4.69) is 0 Å². The van der Waals surface area contributed by atoms with E-state index < -0.39 is 28.3 Å². The minimum Gasteiger partial charge on any atom is -0.396 e. The molecule has 0 aromatic carbocycles. The molecule has 39 heavy (non-hydrogen) atoms. The predicted octanol–water partition coefficient (Wildman–Crippen LogP) is 1.70. The van der Waals surface area contributed by atoms with Crippen molar-refractivity contribution < 1.29 is 25.5 Å². The van der Waals surface area contributed by atoms with Gasteiger partial charge in [-0.25, -0.2) is 0 Å². The van der Waals surface area contributed by atoms with Crippen molar-refractivity contribution in [2.24, 2.45) is 34.6 Å². The van der Waals surface area contributed by atoms with E-state index in [0.717, 1.165) is 12.8 Å². The van der Waals surface area contributed by atoms with E-state index in [4.69, 9.17) is 49.1 Å². The van der Waals surface area contributed by atoms with Gasteiger partial charge in [-0.05, 0) is 94.4 Å². The number of hydrogen-bond acceptors (Lipinski definition) is 10. The molecule has 0 radical (unpaired) electrons. The molecule has 0 aliphatic heterocycles. The van der Waals surface area contributed by atoms with Crippen molar-refractivity contribution in [3.63, 3.8) is 0 Å². The van der Waals surface area contributed by atoms with E-state index in [1.807, 2.05) is 34.6 Å². The van der Waals surface area contributed by atoms with Crippen LogP contribution in [0.15, 0.2) is 0 Å². The van der Waals surface area contributed by atoms with Crippen LogP contribution in [0, 0.1) is 5.92 Å². The molecule has 10 nitrogen and oxygen atoms in total. The highest BCUT2D eigenvalue weighted by molar-refractivity contribution is 4.89. The third kappa shape index (κ3) is 28.9. The van der Waals surface area contributed by atoms with Gasteiger partial charge in [0.2, 0.25) is 0 Å². The van der Waals surface area contributed by atoms with Crippen LogP contribution in [0.3, 0.4) is 0 Å². The second kappa shape index (κ2) is 19.7. The zero-order valence-electron chi connectivity index (χ0n) is 27.6. The van der Waals surface area contributed by atoms with Crippen molar-refractivity contribution in [3.05, 3.63) is 0 Å². The van der Waals surface area contributed by atoms with E-state index in [0.29, 0.717) is 12.3 Å². The summed E-state index contributed by atoms with van der Waals surface area (Å²) in [5, 5.41) is 43.8. The van der Waals surface area contributed by atoms with Gasteiger partial charge >= 0.3 is 0 Å². The summed E-state index contributed by atoms with van der Waals surface area (Å²) in [7, 11) is 0. The van der Waals surface area contributed by atoms with Gasteiger partial charge in [-0.1, -0.05) is 33.1 Å². The Labute approximate surface area is 241 Å². The molecule has 10 heteroatoms. The molecular weight excluding hydrogens is 498 g/mol. The Bertz CT molecular complexity index is 550. The molecule has 0 bridgehead atoms. The maximum Gasteiger partial charge on any atom is 0.0764 e. The number of nitrogens with two attached hydrogens (primary N) is 5. The van der Waals surface area contributed by atoms with Gasteiger partial charge in [0.15, 0.2) is 0 Å². The standard InChI is InChI=1S/C7H15NO.2C6H15NO.2C5H13NO/c8-7(6-9)4-2-1-3-5-7;1-5(2)6(3,7)4-8;1-5(2,7)6(3,4)8;1-5(2,6)3-4-7;1-4(7)5(2,3)6/h9H,1-6,8H2;5,8H,4,7H2,1-3H3;8H,7H2,1-4H3;7H,3-4,6H2,1-2H3;4,7H,6H2,1-3H3. The number of hydrogen-bond donors (Lipinski definition) is 10. The first-order chi connectivity index (χ1) is 17.0. The van der Waals surface area contributed by atoms with Crippen LogP contribution in [0.4, 0.5) is 0 Å². The molecule has 0 heterocycles. The number of aliphatic hydroxyl groups excluding tert-OH is 4. The van der Waals surface area contributed by atoms with E-state index in [1.54, 1.807) is 48.5 Å². The molecule has 1 saturated carbocycles. The maximum absolute atomic E-state index is 9.23. The molecule has 0 amide bonds. The Morgan fingerprint density at radius 1 is 0.744 bits per heavy atom. The normalized spacial score (nSPS) is 17.9. The minimum atomic E-state index is -0.785. The summed E-state index contributed by atoms with van der Waals surface area (Å²) in [5.74, 6) is 0.340. The Morgan fingerprint density at radius 2 is 1.08 bits per heavy atom.